The van der Waals surface area contributed by atoms with Crippen molar-refractivity contribution in [1.29, 1.82) is 0 Å². The first-order chi connectivity index (χ1) is 7.60. The molecule has 1 heterocycles. The molecule has 1 aliphatic rings. The molecular formula is C11H8F3NO. The molecule has 1 aliphatic heterocycles. The molecule has 0 aliphatic carbocycles. The van der Waals surface area contributed by atoms with Gasteiger partial charge in [0.15, 0.2) is 0 Å². The van der Waals surface area contributed by atoms with E-state index in [0.29, 0.717) is 31.6 Å². The standard InChI is InChI=1S/C11H8F3NO/c12-8-2-10(13)9(11(14)3-8)1-7-4-15(5-7)6-16/h1-3,6H,4-5H2. The molecule has 0 saturated carbocycles. The van der Waals surface area contributed by atoms with Crippen molar-refractivity contribution in [3.05, 3.63) is 40.7 Å². The molecule has 2 nitrogen and oxygen atoms in total. The molecule has 5 heteroatoms. The minimum Gasteiger partial charge on any atom is -0.337 e. The summed E-state index contributed by atoms with van der Waals surface area (Å²) >= 11 is 0. The van der Waals surface area contributed by atoms with Crippen LogP contribution in [0.2, 0.25) is 0 Å². The van der Waals surface area contributed by atoms with Gasteiger partial charge in [-0.2, -0.15) is 0 Å². The van der Waals surface area contributed by atoms with E-state index in [9.17, 15) is 18.0 Å². The highest BCUT2D eigenvalue weighted by atomic mass is 19.1. The Morgan fingerprint density at radius 2 is 1.69 bits per heavy atom. The molecule has 0 atom stereocenters. The number of hydrogen-bond acceptors (Lipinski definition) is 1. The largest absolute Gasteiger partial charge is 0.337 e. The third kappa shape index (κ3) is 1.93. The van der Waals surface area contributed by atoms with E-state index in [0.717, 1.165) is 5.57 Å². The lowest BCUT2D eigenvalue weighted by Crippen LogP contribution is -2.38. The Morgan fingerprint density at radius 3 is 2.19 bits per heavy atom. The summed E-state index contributed by atoms with van der Waals surface area (Å²) < 4.78 is 39.0. The second kappa shape index (κ2) is 4.00. The number of amides is 1. The molecule has 1 aromatic carbocycles. The Labute approximate surface area is 90.0 Å². The number of hydrogen-bond donors (Lipinski definition) is 0. The molecule has 1 amide bonds. The van der Waals surface area contributed by atoms with Crippen LogP contribution in [0.4, 0.5) is 13.2 Å². The third-order valence-corrected chi connectivity index (χ3v) is 2.35. The first kappa shape index (κ1) is 10.7. The van der Waals surface area contributed by atoms with Gasteiger partial charge >= 0.3 is 0 Å². The Kier molecular flexibility index (Phi) is 2.68. The lowest BCUT2D eigenvalue weighted by atomic mass is 10.0. The fourth-order valence-electron chi connectivity index (χ4n) is 1.54. The number of rotatable bonds is 2. The van der Waals surface area contributed by atoms with Gasteiger partial charge in [-0.05, 0) is 11.6 Å². The predicted octanol–water partition coefficient (Wildman–Crippen LogP) is 1.96. The number of nitrogens with zero attached hydrogens (tertiary/aromatic N) is 1. The van der Waals surface area contributed by atoms with Gasteiger partial charge in [0, 0.05) is 30.8 Å². The molecule has 1 fully saturated rings. The van der Waals surface area contributed by atoms with Crippen LogP contribution >= 0.6 is 0 Å². The molecule has 0 aromatic heterocycles. The quantitative estimate of drug-likeness (QED) is 0.707. The van der Waals surface area contributed by atoms with Crippen LogP contribution in [-0.4, -0.2) is 24.4 Å². The van der Waals surface area contributed by atoms with E-state index in [1.54, 1.807) is 0 Å². The summed E-state index contributed by atoms with van der Waals surface area (Å²) in [6, 6.07) is 1.26. The monoisotopic (exact) mass is 227 g/mol. The van der Waals surface area contributed by atoms with Crippen molar-refractivity contribution in [3.63, 3.8) is 0 Å². The maximum absolute atomic E-state index is 13.2. The van der Waals surface area contributed by atoms with Gasteiger partial charge in [-0.25, -0.2) is 13.2 Å². The summed E-state index contributed by atoms with van der Waals surface area (Å²) in [5, 5.41) is 0. The molecule has 2 rings (SSSR count). The van der Waals surface area contributed by atoms with Crippen LogP contribution in [0.25, 0.3) is 6.08 Å². The number of carbonyl (C=O) groups is 1. The molecule has 1 aromatic rings. The van der Waals surface area contributed by atoms with Gasteiger partial charge in [-0.3, -0.25) is 4.79 Å². The van der Waals surface area contributed by atoms with E-state index in [-0.39, 0.29) is 5.56 Å². The SMILES string of the molecule is O=CN1CC(=Cc2c(F)cc(F)cc2F)C1. The van der Waals surface area contributed by atoms with Crippen molar-refractivity contribution < 1.29 is 18.0 Å². The lowest BCUT2D eigenvalue weighted by molar-refractivity contribution is -0.119. The number of halogens is 3. The van der Waals surface area contributed by atoms with Gasteiger partial charge in [0.2, 0.25) is 6.41 Å². The third-order valence-electron chi connectivity index (χ3n) is 2.35. The number of likely N-dealkylation sites (tertiary alicyclic amines) is 1. The van der Waals surface area contributed by atoms with Gasteiger partial charge in [0.25, 0.3) is 0 Å². The van der Waals surface area contributed by atoms with Gasteiger partial charge in [0.05, 0.1) is 0 Å². The summed E-state index contributed by atoms with van der Waals surface area (Å²) in [4.78, 5) is 11.7. The van der Waals surface area contributed by atoms with Gasteiger partial charge in [-0.1, -0.05) is 0 Å². The van der Waals surface area contributed by atoms with Crippen LogP contribution in [-0.2, 0) is 4.79 Å². The van der Waals surface area contributed by atoms with Crippen molar-refractivity contribution in [1.82, 2.24) is 4.90 Å². The first-order valence-corrected chi connectivity index (χ1v) is 4.63. The molecule has 16 heavy (non-hydrogen) atoms. The zero-order chi connectivity index (χ0) is 11.7. The van der Waals surface area contributed by atoms with Gasteiger partial charge < -0.3 is 4.90 Å². The van der Waals surface area contributed by atoms with Crippen molar-refractivity contribution in [2.24, 2.45) is 0 Å². The maximum Gasteiger partial charge on any atom is 0.210 e. The maximum atomic E-state index is 13.2. The van der Waals surface area contributed by atoms with E-state index in [4.69, 9.17) is 0 Å². The summed E-state index contributed by atoms with van der Waals surface area (Å²) in [6.45, 7) is 0.722. The highest BCUT2D eigenvalue weighted by Gasteiger charge is 2.19. The predicted molar refractivity (Wildman–Crippen MR) is 51.9 cm³/mol. The van der Waals surface area contributed by atoms with Crippen LogP contribution in [0.5, 0.6) is 0 Å². The van der Waals surface area contributed by atoms with Gasteiger partial charge in [0.1, 0.15) is 17.5 Å². The van der Waals surface area contributed by atoms with Crippen LogP contribution in [0.3, 0.4) is 0 Å². The van der Waals surface area contributed by atoms with E-state index in [1.165, 1.54) is 11.0 Å². The summed E-state index contributed by atoms with van der Waals surface area (Å²) in [5.74, 6) is -2.82. The van der Waals surface area contributed by atoms with Crippen LogP contribution in [0, 0.1) is 17.5 Å². The molecule has 0 bridgehead atoms. The fourth-order valence-corrected chi connectivity index (χ4v) is 1.54. The molecule has 0 unspecified atom stereocenters. The molecular weight excluding hydrogens is 219 g/mol. The molecule has 0 spiro atoms. The average Bonchev–Trinajstić information content (AvgIpc) is 2.13. The van der Waals surface area contributed by atoms with Gasteiger partial charge in [-0.15, -0.1) is 0 Å². The minimum absolute atomic E-state index is 0.262. The normalized spacial score (nSPS) is 14.7. The lowest BCUT2D eigenvalue weighted by Gasteiger charge is -2.30. The Bertz CT molecular complexity index is 439. The van der Waals surface area contributed by atoms with E-state index >= 15 is 0 Å². The Hall–Kier alpha value is -1.78. The van der Waals surface area contributed by atoms with Crippen LogP contribution < -0.4 is 0 Å². The highest BCUT2D eigenvalue weighted by molar-refractivity contribution is 5.61. The summed E-state index contributed by atoms with van der Waals surface area (Å²) in [6.07, 6.45) is 1.97. The highest BCUT2D eigenvalue weighted by Crippen LogP contribution is 2.21. The fraction of sp³-hybridized carbons (Fsp3) is 0.182. The topological polar surface area (TPSA) is 20.3 Å². The average molecular weight is 227 g/mol. The van der Waals surface area contributed by atoms with Crippen LogP contribution in [0.1, 0.15) is 5.56 Å². The number of benzene rings is 1. The molecule has 0 N–H and O–H groups in total. The smallest absolute Gasteiger partial charge is 0.210 e. The van der Waals surface area contributed by atoms with E-state index < -0.39 is 17.5 Å². The Balaban J connectivity index is 2.26. The van der Waals surface area contributed by atoms with Crippen molar-refractivity contribution in [2.45, 2.75) is 0 Å². The Morgan fingerprint density at radius 1 is 1.12 bits per heavy atom. The van der Waals surface area contributed by atoms with E-state index in [1.807, 2.05) is 0 Å². The second-order valence-electron chi connectivity index (χ2n) is 3.60. The minimum atomic E-state index is -0.944. The van der Waals surface area contributed by atoms with Crippen LogP contribution in [0.15, 0.2) is 17.7 Å². The van der Waals surface area contributed by atoms with E-state index in [2.05, 4.69) is 0 Å². The zero-order valence-electron chi connectivity index (χ0n) is 8.21. The molecule has 0 radical (unpaired) electrons. The molecule has 84 valence electrons. The second-order valence-corrected chi connectivity index (χ2v) is 3.60. The summed E-state index contributed by atoms with van der Waals surface area (Å²) in [5.41, 5.74) is 0.471. The number of carbonyl (C=O) groups excluding carboxylic acids is 1. The molecule has 1 saturated heterocycles. The summed E-state index contributed by atoms with van der Waals surface area (Å²) in [7, 11) is 0. The van der Waals surface area contributed by atoms with Crippen molar-refractivity contribution >= 4 is 12.5 Å². The first-order valence-electron chi connectivity index (χ1n) is 4.63. The van der Waals surface area contributed by atoms with Crippen molar-refractivity contribution in [3.8, 4) is 0 Å². The zero-order valence-corrected chi connectivity index (χ0v) is 8.21. The van der Waals surface area contributed by atoms with Crippen molar-refractivity contribution in [2.75, 3.05) is 13.1 Å².